The Kier molecular flexibility index (Phi) is 7.27. The topological polar surface area (TPSA) is 55.8 Å². The summed E-state index contributed by atoms with van der Waals surface area (Å²) in [7, 11) is -1.98. The van der Waals surface area contributed by atoms with Gasteiger partial charge in [-0.1, -0.05) is 26.8 Å². The van der Waals surface area contributed by atoms with Crippen LogP contribution < -0.4 is 0 Å². The molecule has 0 unspecified atom stereocenters. The van der Waals surface area contributed by atoms with Crippen LogP contribution in [0.4, 0.5) is 4.79 Å². The summed E-state index contributed by atoms with van der Waals surface area (Å²) in [5, 5.41) is 0.0724. The Morgan fingerprint density at radius 3 is 2.31 bits per heavy atom. The quantitative estimate of drug-likeness (QED) is 0.471. The molecule has 0 aromatic rings. The Morgan fingerprint density at radius 1 is 1.27 bits per heavy atom. The Hall–Kier alpha value is -1.14. The van der Waals surface area contributed by atoms with Gasteiger partial charge in [-0.05, 0) is 57.7 Å². The van der Waals surface area contributed by atoms with Gasteiger partial charge in [-0.2, -0.15) is 0 Å². The van der Waals surface area contributed by atoms with Crippen LogP contribution in [0.1, 0.15) is 60.8 Å². The van der Waals surface area contributed by atoms with Gasteiger partial charge in [0.05, 0.1) is 12.6 Å². The van der Waals surface area contributed by atoms with Gasteiger partial charge in [0, 0.05) is 6.42 Å². The Labute approximate surface area is 160 Å². The predicted octanol–water partition coefficient (Wildman–Crippen LogP) is 5.13. The van der Waals surface area contributed by atoms with E-state index in [4.69, 9.17) is 9.16 Å². The molecule has 26 heavy (non-hydrogen) atoms. The molecular weight excluding hydrogens is 346 g/mol. The van der Waals surface area contributed by atoms with Crippen molar-refractivity contribution in [1.82, 2.24) is 4.90 Å². The monoisotopic (exact) mass is 383 g/mol. The number of amides is 2. The van der Waals surface area contributed by atoms with Crippen LogP contribution in [-0.2, 0) is 14.0 Å². The first-order valence-corrected chi connectivity index (χ1v) is 12.4. The third kappa shape index (κ3) is 5.95. The van der Waals surface area contributed by atoms with Crippen molar-refractivity contribution in [3.63, 3.8) is 0 Å². The molecular formula is C20H37NO4Si. The maximum Gasteiger partial charge on any atom is 0.417 e. The number of hydrogen-bond donors (Lipinski definition) is 0. The summed E-state index contributed by atoms with van der Waals surface area (Å²) in [4.78, 5) is 26.5. The molecule has 0 saturated carbocycles. The Bertz CT molecular complexity index is 531. The van der Waals surface area contributed by atoms with E-state index in [0.717, 1.165) is 12.8 Å². The van der Waals surface area contributed by atoms with E-state index in [1.165, 1.54) is 4.90 Å². The summed E-state index contributed by atoms with van der Waals surface area (Å²) in [5.74, 6) is -0.0880. The van der Waals surface area contributed by atoms with E-state index in [0.29, 0.717) is 13.0 Å². The smallest absolute Gasteiger partial charge is 0.417 e. The van der Waals surface area contributed by atoms with Gasteiger partial charge in [-0.25, -0.2) is 9.69 Å². The second kappa shape index (κ2) is 8.25. The lowest BCUT2D eigenvalue weighted by molar-refractivity contribution is -0.128. The largest absolute Gasteiger partial charge is 0.443 e. The van der Waals surface area contributed by atoms with Gasteiger partial charge in [-0.3, -0.25) is 4.79 Å². The fraction of sp³-hybridized carbons (Fsp3) is 0.800. The number of carbonyl (C=O) groups excluding carboxylic acids is 2. The maximum atomic E-state index is 12.6. The summed E-state index contributed by atoms with van der Waals surface area (Å²) < 4.78 is 11.8. The Balaban J connectivity index is 3.00. The van der Waals surface area contributed by atoms with E-state index >= 15 is 0 Å². The number of hydrogen-bond acceptors (Lipinski definition) is 4. The summed E-state index contributed by atoms with van der Waals surface area (Å²) in [6, 6.07) is -0.272. The van der Waals surface area contributed by atoms with Crippen molar-refractivity contribution in [3.8, 4) is 0 Å². The summed E-state index contributed by atoms with van der Waals surface area (Å²) in [6.07, 6.45) is 3.29. The molecule has 0 aliphatic carbocycles. The fourth-order valence-electron chi connectivity index (χ4n) is 2.75. The van der Waals surface area contributed by atoms with Crippen molar-refractivity contribution in [1.29, 1.82) is 0 Å². The lowest BCUT2D eigenvalue weighted by atomic mass is 9.95. The van der Waals surface area contributed by atoms with Gasteiger partial charge in [-0.15, -0.1) is 6.58 Å². The maximum absolute atomic E-state index is 12.6. The summed E-state index contributed by atoms with van der Waals surface area (Å²) >= 11 is 0. The molecule has 2 amide bonds. The van der Waals surface area contributed by atoms with Gasteiger partial charge in [0.2, 0.25) is 5.91 Å². The highest BCUT2D eigenvalue weighted by atomic mass is 28.4. The molecule has 0 aromatic carbocycles. The van der Waals surface area contributed by atoms with Crippen molar-refractivity contribution in [2.45, 2.75) is 90.6 Å². The van der Waals surface area contributed by atoms with Crippen LogP contribution in [0.3, 0.4) is 0 Å². The average molecular weight is 384 g/mol. The normalized spacial score (nSPS) is 21.8. The minimum absolute atomic E-state index is 0.0724. The predicted molar refractivity (Wildman–Crippen MR) is 108 cm³/mol. The molecule has 1 aliphatic rings. The molecule has 0 bridgehead atoms. The van der Waals surface area contributed by atoms with E-state index in [1.807, 2.05) is 26.8 Å². The van der Waals surface area contributed by atoms with Crippen LogP contribution >= 0.6 is 0 Å². The SMILES string of the molecule is C=CCC[C@H]1CC(=O)N(C(=O)OC(C)(C)C)[C@@H]1CO[Si](C)(C)C(C)(C)C. The highest BCUT2D eigenvalue weighted by molar-refractivity contribution is 6.74. The van der Waals surface area contributed by atoms with Gasteiger partial charge in [0.15, 0.2) is 8.32 Å². The van der Waals surface area contributed by atoms with Crippen LogP contribution in [0.5, 0.6) is 0 Å². The van der Waals surface area contributed by atoms with Crippen LogP contribution in [0.25, 0.3) is 0 Å². The minimum atomic E-state index is -1.98. The highest BCUT2D eigenvalue weighted by Crippen LogP contribution is 2.38. The number of rotatable bonds is 6. The lowest BCUT2D eigenvalue weighted by Crippen LogP contribution is -2.49. The Morgan fingerprint density at radius 2 is 1.85 bits per heavy atom. The number of ether oxygens (including phenoxy) is 1. The molecule has 2 atom stereocenters. The van der Waals surface area contributed by atoms with E-state index in [1.54, 1.807) is 0 Å². The molecule has 1 fully saturated rings. The zero-order valence-electron chi connectivity index (χ0n) is 17.8. The summed E-state index contributed by atoms with van der Waals surface area (Å²) in [5.41, 5.74) is -0.637. The van der Waals surface area contributed by atoms with Crippen molar-refractivity contribution in [2.24, 2.45) is 5.92 Å². The van der Waals surface area contributed by atoms with Crippen LogP contribution in [-0.4, -0.2) is 43.5 Å². The molecule has 0 N–H and O–H groups in total. The van der Waals surface area contributed by atoms with Crippen LogP contribution in [0.15, 0.2) is 12.7 Å². The molecule has 0 spiro atoms. The number of likely N-dealkylation sites (tertiary alicyclic amines) is 1. The second-order valence-corrected chi connectivity index (χ2v) is 14.5. The van der Waals surface area contributed by atoms with Gasteiger partial charge >= 0.3 is 6.09 Å². The van der Waals surface area contributed by atoms with E-state index < -0.39 is 20.0 Å². The minimum Gasteiger partial charge on any atom is -0.443 e. The average Bonchev–Trinajstić information content (AvgIpc) is 2.75. The van der Waals surface area contributed by atoms with Crippen LogP contribution in [0, 0.1) is 5.92 Å². The third-order valence-electron chi connectivity index (χ3n) is 5.33. The molecule has 1 aliphatic heterocycles. The molecule has 6 heteroatoms. The van der Waals surface area contributed by atoms with Crippen molar-refractivity contribution in [3.05, 3.63) is 12.7 Å². The number of carbonyl (C=O) groups is 2. The third-order valence-corrected chi connectivity index (χ3v) is 9.83. The molecule has 1 saturated heterocycles. The fourth-order valence-corrected chi connectivity index (χ4v) is 3.77. The first-order chi connectivity index (χ1) is 11.7. The van der Waals surface area contributed by atoms with Gasteiger partial charge in [0.25, 0.3) is 0 Å². The first-order valence-electron chi connectivity index (χ1n) is 9.49. The zero-order valence-corrected chi connectivity index (χ0v) is 18.8. The molecule has 0 radical (unpaired) electrons. The number of nitrogens with zero attached hydrogens (tertiary/aromatic N) is 1. The lowest BCUT2D eigenvalue weighted by Gasteiger charge is -2.38. The molecule has 5 nitrogen and oxygen atoms in total. The molecule has 0 aromatic heterocycles. The zero-order chi connectivity index (χ0) is 20.3. The van der Waals surface area contributed by atoms with Crippen molar-refractivity contribution < 1.29 is 18.8 Å². The van der Waals surface area contributed by atoms with Gasteiger partial charge < -0.3 is 9.16 Å². The van der Waals surface area contributed by atoms with Crippen LogP contribution in [0.2, 0.25) is 18.1 Å². The van der Waals surface area contributed by atoms with Gasteiger partial charge in [0.1, 0.15) is 5.60 Å². The molecule has 1 rings (SSSR count). The number of allylic oxidation sites excluding steroid dienone is 1. The molecule has 1 heterocycles. The standard InChI is InChI=1S/C20H37NO4Si/c1-10-11-12-15-13-17(22)21(18(23)25-19(2,3)4)16(15)14-24-26(8,9)20(5,6)7/h10,15-16H,1,11-14H2,2-9H3/t15-,16+/m0/s1. The number of imide groups is 1. The molecule has 150 valence electrons. The second-order valence-electron chi connectivity index (χ2n) is 9.71. The van der Waals surface area contributed by atoms with E-state index in [-0.39, 0.29) is 22.9 Å². The first kappa shape index (κ1) is 22.9. The highest BCUT2D eigenvalue weighted by Gasteiger charge is 2.46. The van der Waals surface area contributed by atoms with Crippen molar-refractivity contribution in [2.75, 3.05) is 6.61 Å². The van der Waals surface area contributed by atoms with E-state index in [9.17, 15) is 9.59 Å². The van der Waals surface area contributed by atoms with E-state index in [2.05, 4.69) is 40.4 Å². The summed E-state index contributed by atoms with van der Waals surface area (Å²) in [6.45, 7) is 20.5. The van der Waals surface area contributed by atoms with Crippen molar-refractivity contribution >= 4 is 20.3 Å².